The maximum Gasteiger partial charge on any atom is 0.327 e. The number of benzene rings is 1. The molecule has 0 saturated heterocycles. The second kappa shape index (κ2) is 5.53. The molecule has 1 heterocycles. The molecular formula is C14H12N2O4. The monoisotopic (exact) mass is 272 g/mol. The van der Waals surface area contributed by atoms with Gasteiger partial charge in [-0.1, -0.05) is 18.2 Å². The summed E-state index contributed by atoms with van der Waals surface area (Å²) in [5, 5.41) is 8.55. The highest BCUT2D eigenvalue weighted by molar-refractivity contribution is 6.11. The predicted octanol–water partition coefficient (Wildman–Crippen LogP) is 0.667. The van der Waals surface area contributed by atoms with Gasteiger partial charge in [0.05, 0.1) is 6.42 Å². The lowest BCUT2D eigenvalue weighted by Gasteiger charge is -2.26. The number of hydrogen-bond acceptors (Lipinski definition) is 5. The van der Waals surface area contributed by atoms with Crippen molar-refractivity contribution in [3.8, 4) is 6.07 Å². The Morgan fingerprint density at radius 3 is 2.85 bits per heavy atom. The van der Waals surface area contributed by atoms with Crippen molar-refractivity contribution in [3.05, 3.63) is 35.4 Å². The lowest BCUT2D eigenvalue weighted by Crippen LogP contribution is -2.45. The Kier molecular flexibility index (Phi) is 3.80. The first-order valence-corrected chi connectivity index (χ1v) is 6.04. The lowest BCUT2D eigenvalue weighted by atomic mass is 9.98. The van der Waals surface area contributed by atoms with Crippen LogP contribution < -0.4 is 0 Å². The van der Waals surface area contributed by atoms with Gasteiger partial charge in [0.2, 0.25) is 5.91 Å². The molecule has 0 radical (unpaired) electrons. The van der Waals surface area contributed by atoms with Crippen molar-refractivity contribution >= 4 is 17.8 Å². The van der Waals surface area contributed by atoms with Crippen molar-refractivity contribution in [2.45, 2.75) is 19.4 Å². The van der Waals surface area contributed by atoms with Gasteiger partial charge in [0.15, 0.2) is 6.10 Å². The number of hydrogen-bond donors (Lipinski definition) is 0. The van der Waals surface area contributed by atoms with Gasteiger partial charge in [-0.25, -0.2) is 0 Å². The molecule has 1 atom stereocenters. The number of nitrogens with zero attached hydrogens (tertiary/aromatic N) is 2. The molecular weight excluding hydrogens is 260 g/mol. The van der Waals surface area contributed by atoms with Crippen LogP contribution in [0.25, 0.3) is 0 Å². The van der Waals surface area contributed by atoms with Crippen LogP contribution in [0.1, 0.15) is 22.8 Å². The topological polar surface area (TPSA) is 87.5 Å². The van der Waals surface area contributed by atoms with Crippen molar-refractivity contribution in [1.29, 1.82) is 5.26 Å². The third-order valence-corrected chi connectivity index (χ3v) is 2.91. The van der Waals surface area contributed by atoms with E-state index in [1.165, 1.54) is 6.92 Å². The van der Waals surface area contributed by atoms with E-state index in [0.29, 0.717) is 11.1 Å². The molecule has 0 saturated carbocycles. The summed E-state index contributed by atoms with van der Waals surface area (Å²) >= 11 is 0. The highest BCUT2D eigenvalue weighted by Gasteiger charge is 2.32. The van der Waals surface area contributed by atoms with Gasteiger partial charge in [0.1, 0.15) is 12.6 Å². The van der Waals surface area contributed by atoms with Gasteiger partial charge in [-0.2, -0.15) is 5.26 Å². The van der Waals surface area contributed by atoms with E-state index in [9.17, 15) is 14.4 Å². The molecule has 1 aromatic carbocycles. The number of amides is 2. The van der Waals surface area contributed by atoms with Gasteiger partial charge < -0.3 is 4.74 Å². The third kappa shape index (κ3) is 2.67. The number of ether oxygens (including phenoxy) is 1. The number of carbonyl (C=O) groups excluding carboxylic acids is 3. The summed E-state index contributed by atoms with van der Waals surface area (Å²) in [7, 11) is 0. The molecule has 2 rings (SSSR count). The van der Waals surface area contributed by atoms with Crippen molar-refractivity contribution in [2.75, 3.05) is 6.54 Å². The van der Waals surface area contributed by atoms with Crippen LogP contribution in [-0.2, 0) is 20.7 Å². The van der Waals surface area contributed by atoms with Crippen molar-refractivity contribution in [3.63, 3.8) is 0 Å². The van der Waals surface area contributed by atoms with E-state index in [4.69, 9.17) is 10.00 Å². The minimum atomic E-state index is -0.912. The van der Waals surface area contributed by atoms with Crippen LogP contribution in [0.4, 0.5) is 0 Å². The first-order valence-electron chi connectivity index (χ1n) is 6.04. The Balaban J connectivity index is 2.14. The SMILES string of the molecule is C[C@@H](C#N)OC(=O)CN1C(=O)Cc2ccccc2C1=O. The zero-order valence-corrected chi connectivity index (χ0v) is 10.8. The lowest BCUT2D eigenvalue weighted by molar-refractivity contribution is -0.149. The Hall–Kier alpha value is -2.68. The Labute approximate surface area is 115 Å². The minimum Gasteiger partial charge on any atom is -0.446 e. The molecule has 0 aromatic heterocycles. The zero-order valence-electron chi connectivity index (χ0n) is 10.8. The molecule has 1 aliphatic rings. The number of esters is 1. The first kappa shape index (κ1) is 13.7. The molecule has 6 nitrogen and oxygen atoms in total. The van der Waals surface area contributed by atoms with Crippen LogP contribution in [0.15, 0.2) is 24.3 Å². The van der Waals surface area contributed by atoms with Crippen LogP contribution in [0.2, 0.25) is 0 Å². The molecule has 1 aliphatic heterocycles. The fraction of sp³-hybridized carbons (Fsp3) is 0.286. The molecule has 0 bridgehead atoms. The number of nitriles is 1. The molecule has 0 unspecified atom stereocenters. The molecule has 20 heavy (non-hydrogen) atoms. The summed E-state index contributed by atoms with van der Waals surface area (Å²) in [6.07, 6.45) is -0.840. The van der Waals surface area contributed by atoms with Crippen LogP contribution in [0.3, 0.4) is 0 Å². The molecule has 6 heteroatoms. The van der Waals surface area contributed by atoms with E-state index < -0.39 is 30.4 Å². The fourth-order valence-corrected chi connectivity index (χ4v) is 1.95. The quantitative estimate of drug-likeness (QED) is 0.596. The molecule has 102 valence electrons. The van der Waals surface area contributed by atoms with E-state index in [1.54, 1.807) is 30.3 Å². The Morgan fingerprint density at radius 1 is 1.45 bits per heavy atom. The van der Waals surface area contributed by atoms with E-state index in [1.807, 2.05) is 0 Å². The average Bonchev–Trinajstić information content (AvgIpc) is 2.43. The van der Waals surface area contributed by atoms with E-state index in [2.05, 4.69) is 0 Å². The van der Waals surface area contributed by atoms with Crippen LogP contribution in [-0.4, -0.2) is 35.3 Å². The fourth-order valence-electron chi connectivity index (χ4n) is 1.95. The maximum atomic E-state index is 12.2. The molecule has 0 spiro atoms. The van der Waals surface area contributed by atoms with Gasteiger partial charge in [0, 0.05) is 5.56 Å². The predicted molar refractivity (Wildman–Crippen MR) is 67.4 cm³/mol. The second-order valence-corrected chi connectivity index (χ2v) is 4.38. The standard InChI is InChI=1S/C14H12N2O4/c1-9(7-15)20-13(18)8-16-12(17)6-10-4-2-3-5-11(10)14(16)19/h2-5,9H,6,8H2,1H3/t9-/m0/s1. The molecule has 0 fully saturated rings. The minimum absolute atomic E-state index is 0.0724. The van der Waals surface area contributed by atoms with Crippen LogP contribution in [0, 0.1) is 11.3 Å². The molecule has 0 aliphatic carbocycles. The van der Waals surface area contributed by atoms with E-state index in [-0.39, 0.29) is 6.42 Å². The third-order valence-electron chi connectivity index (χ3n) is 2.91. The highest BCUT2D eigenvalue weighted by atomic mass is 16.5. The van der Waals surface area contributed by atoms with Gasteiger partial charge in [-0.3, -0.25) is 19.3 Å². The summed E-state index contributed by atoms with van der Waals surface area (Å²) < 4.78 is 4.74. The zero-order chi connectivity index (χ0) is 14.7. The summed E-state index contributed by atoms with van der Waals surface area (Å²) in [5.74, 6) is -1.74. The number of imide groups is 1. The largest absolute Gasteiger partial charge is 0.446 e. The Bertz CT molecular complexity index is 618. The smallest absolute Gasteiger partial charge is 0.327 e. The summed E-state index contributed by atoms with van der Waals surface area (Å²) in [4.78, 5) is 36.5. The second-order valence-electron chi connectivity index (χ2n) is 4.38. The van der Waals surface area contributed by atoms with E-state index >= 15 is 0 Å². The number of fused-ring (bicyclic) bond motifs is 1. The average molecular weight is 272 g/mol. The first-order chi connectivity index (χ1) is 9.52. The van der Waals surface area contributed by atoms with Crippen LogP contribution in [0.5, 0.6) is 0 Å². The van der Waals surface area contributed by atoms with Crippen LogP contribution >= 0.6 is 0 Å². The van der Waals surface area contributed by atoms with Gasteiger partial charge >= 0.3 is 5.97 Å². The molecule has 1 aromatic rings. The van der Waals surface area contributed by atoms with E-state index in [0.717, 1.165) is 4.90 Å². The molecule has 0 N–H and O–H groups in total. The molecule has 2 amide bonds. The summed E-state index contributed by atoms with van der Waals surface area (Å²) in [6.45, 7) is 0.936. The normalized spacial score (nSPS) is 15.3. The van der Waals surface area contributed by atoms with Crippen molar-refractivity contribution < 1.29 is 19.1 Å². The Morgan fingerprint density at radius 2 is 2.15 bits per heavy atom. The summed E-state index contributed by atoms with van der Waals surface area (Å²) in [5.41, 5.74) is 1.06. The number of carbonyl (C=O) groups is 3. The van der Waals surface area contributed by atoms with Gasteiger partial charge in [-0.05, 0) is 18.6 Å². The van der Waals surface area contributed by atoms with Gasteiger partial charge in [0.25, 0.3) is 5.91 Å². The highest BCUT2D eigenvalue weighted by Crippen LogP contribution is 2.19. The maximum absolute atomic E-state index is 12.2. The van der Waals surface area contributed by atoms with Gasteiger partial charge in [-0.15, -0.1) is 0 Å². The van der Waals surface area contributed by atoms with Crippen molar-refractivity contribution in [1.82, 2.24) is 4.90 Å². The van der Waals surface area contributed by atoms with Crippen molar-refractivity contribution in [2.24, 2.45) is 0 Å². The number of rotatable bonds is 3. The summed E-state index contributed by atoms with van der Waals surface area (Å²) in [6, 6.07) is 8.50.